The molecule has 0 aliphatic heterocycles. The lowest BCUT2D eigenvalue weighted by Gasteiger charge is -2.08. The summed E-state index contributed by atoms with van der Waals surface area (Å²) in [5.41, 5.74) is 1.78. The van der Waals surface area contributed by atoms with Gasteiger partial charge in [-0.25, -0.2) is 0 Å². The number of ether oxygens (including phenoxy) is 1. The molecule has 142 valence electrons. The summed E-state index contributed by atoms with van der Waals surface area (Å²) in [5.74, 6) is 0.0756. The second-order valence-electron chi connectivity index (χ2n) is 6.57. The van der Waals surface area contributed by atoms with E-state index in [1.54, 1.807) is 12.1 Å². The fourth-order valence-corrected chi connectivity index (χ4v) is 3.18. The molecular formula is C21H23ClN2O3. The monoisotopic (exact) mass is 386 g/mol. The van der Waals surface area contributed by atoms with Gasteiger partial charge in [0, 0.05) is 17.3 Å². The Balaban J connectivity index is 1.41. The summed E-state index contributed by atoms with van der Waals surface area (Å²) in [6.45, 7) is 3.05. The molecule has 0 radical (unpaired) electrons. The van der Waals surface area contributed by atoms with E-state index in [9.17, 15) is 9.59 Å². The van der Waals surface area contributed by atoms with Crippen molar-refractivity contribution in [1.82, 2.24) is 5.32 Å². The summed E-state index contributed by atoms with van der Waals surface area (Å²) in [6.07, 6.45) is 1.30. The maximum absolute atomic E-state index is 12.3. The number of rotatable bonds is 8. The van der Waals surface area contributed by atoms with Crippen LogP contribution >= 0.6 is 11.6 Å². The van der Waals surface area contributed by atoms with Crippen LogP contribution in [0.2, 0.25) is 5.02 Å². The first kappa shape index (κ1) is 19.2. The van der Waals surface area contributed by atoms with Crippen molar-refractivity contribution >= 4 is 29.1 Å². The van der Waals surface area contributed by atoms with E-state index in [4.69, 9.17) is 16.3 Å². The highest BCUT2D eigenvalue weighted by Gasteiger charge is 2.47. The number of hydrogen-bond donors (Lipinski definition) is 2. The molecule has 6 heteroatoms. The summed E-state index contributed by atoms with van der Waals surface area (Å²) in [7, 11) is 0. The number of amides is 2. The van der Waals surface area contributed by atoms with Crippen molar-refractivity contribution in [2.24, 2.45) is 11.8 Å². The number of carbonyl (C=O) groups excluding carboxylic acids is 2. The van der Waals surface area contributed by atoms with Gasteiger partial charge >= 0.3 is 0 Å². The van der Waals surface area contributed by atoms with Crippen LogP contribution in [0, 0.1) is 11.8 Å². The minimum atomic E-state index is -0.261. The van der Waals surface area contributed by atoms with Crippen LogP contribution in [0.3, 0.4) is 0 Å². The van der Waals surface area contributed by atoms with Crippen molar-refractivity contribution in [1.29, 1.82) is 0 Å². The third kappa shape index (κ3) is 5.47. The van der Waals surface area contributed by atoms with Crippen LogP contribution in [0.5, 0.6) is 5.75 Å². The predicted octanol–water partition coefficient (Wildman–Crippen LogP) is 3.67. The number of nitrogens with one attached hydrogen (secondary N) is 2. The normalized spacial score (nSPS) is 17.9. The van der Waals surface area contributed by atoms with Crippen LogP contribution in [0.15, 0.2) is 48.5 Å². The summed E-state index contributed by atoms with van der Waals surface area (Å²) in [5, 5.41) is 6.45. The van der Waals surface area contributed by atoms with Crippen LogP contribution in [0.1, 0.15) is 18.9 Å². The highest BCUT2D eigenvalue weighted by atomic mass is 35.5. The average molecular weight is 387 g/mol. The van der Waals surface area contributed by atoms with E-state index in [-0.39, 0.29) is 23.7 Å². The molecule has 27 heavy (non-hydrogen) atoms. The Morgan fingerprint density at radius 3 is 2.56 bits per heavy atom. The lowest BCUT2D eigenvalue weighted by Crippen LogP contribution is -2.29. The summed E-state index contributed by atoms with van der Waals surface area (Å²) < 4.78 is 5.38. The van der Waals surface area contributed by atoms with E-state index in [0.29, 0.717) is 36.7 Å². The molecule has 1 aliphatic carbocycles. The van der Waals surface area contributed by atoms with E-state index in [0.717, 1.165) is 11.3 Å². The smallest absolute Gasteiger partial charge is 0.228 e. The number of benzene rings is 2. The molecule has 1 saturated carbocycles. The summed E-state index contributed by atoms with van der Waals surface area (Å²) >= 11 is 5.95. The second-order valence-corrected chi connectivity index (χ2v) is 7.00. The van der Waals surface area contributed by atoms with Gasteiger partial charge in [0.25, 0.3) is 0 Å². The first-order chi connectivity index (χ1) is 13.1. The molecule has 2 unspecified atom stereocenters. The third-order valence-corrected chi connectivity index (χ3v) is 4.73. The Hall–Kier alpha value is -2.53. The molecule has 1 aliphatic rings. The molecule has 0 aromatic heterocycles. The first-order valence-corrected chi connectivity index (χ1v) is 9.50. The molecule has 2 N–H and O–H groups in total. The molecular weight excluding hydrogens is 364 g/mol. The Morgan fingerprint density at radius 1 is 1.11 bits per heavy atom. The van der Waals surface area contributed by atoms with E-state index in [2.05, 4.69) is 10.6 Å². The van der Waals surface area contributed by atoms with Gasteiger partial charge in [-0.1, -0.05) is 23.7 Å². The molecule has 5 nitrogen and oxygen atoms in total. The molecule has 3 rings (SSSR count). The topological polar surface area (TPSA) is 67.4 Å². The van der Waals surface area contributed by atoms with Crippen molar-refractivity contribution in [2.45, 2.75) is 19.8 Å². The van der Waals surface area contributed by atoms with Gasteiger partial charge in [0.05, 0.1) is 18.4 Å². The Morgan fingerprint density at radius 2 is 1.85 bits per heavy atom. The Kier molecular flexibility index (Phi) is 6.35. The van der Waals surface area contributed by atoms with E-state index >= 15 is 0 Å². The zero-order valence-electron chi connectivity index (χ0n) is 15.2. The average Bonchev–Trinajstić information content (AvgIpc) is 3.45. The lowest BCUT2D eigenvalue weighted by molar-refractivity contribution is -0.125. The molecule has 2 aromatic carbocycles. The largest absolute Gasteiger partial charge is 0.494 e. The molecule has 0 saturated heterocycles. The lowest BCUT2D eigenvalue weighted by atomic mass is 10.1. The van der Waals surface area contributed by atoms with Crippen molar-refractivity contribution < 1.29 is 14.3 Å². The van der Waals surface area contributed by atoms with Crippen LogP contribution in [-0.4, -0.2) is 25.0 Å². The van der Waals surface area contributed by atoms with Crippen molar-refractivity contribution in [3.05, 3.63) is 59.1 Å². The standard InChI is InChI=1S/C21H23ClN2O3/c1-2-27-17-8-6-16(7-9-17)24-21(26)19-13-18(19)20(25)23-11-10-14-4-3-5-15(22)12-14/h3-9,12,18-19H,2,10-11,13H2,1H3,(H,23,25)(H,24,26). The van der Waals surface area contributed by atoms with Crippen molar-refractivity contribution in [3.8, 4) is 5.75 Å². The summed E-state index contributed by atoms with van der Waals surface area (Å²) in [6, 6.07) is 14.8. The molecule has 2 atom stereocenters. The number of hydrogen-bond acceptors (Lipinski definition) is 3. The van der Waals surface area contributed by atoms with Gasteiger partial charge in [-0.2, -0.15) is 0 Å². The zero-order chi connectivity index (χ0) is 19.2. The highest BCUT2D eigenvalue weighted by molar-refractivity contribution is 6.30. The minimum absolute atomic E-state index is 0.0659. The van der Waals surface area contributed by atoms with Gasteiger partial charge < -0.3 is 15.4 Å². The predicted molar refractivity (Wildman–Crippen MR) is 106 cm³/mol. The van der Waals surface area contributed by atoms with Crippen molar-refractivity contribution in [2.75, 3.05) is 18.5 Å². The number of halogens is 1. The van der Waals surface area contributed by atoms with Gasteiger partial charge in [0.2, 0.25) is 11.8 Å². The van der Waals surface area contributed by atoms with Crippen LogP contribution < -0.4 is 15.4 Å². The molecule has 0 heterocycles. The number of anilines is 1. The second kappa shape index (κ2) is 8.91. The Labute approximate surface area is 164 Å². The van der Waals surface area contributed by atoms with E-state index < -0.39 is 0 Å². The maximum atomic E-state index is 12.3. The van der Waals surface area contributed by atoms with Gasteiger partial charge in [-0.05, 0) is 61.7 Å². The van der Waals surface area contributed by atoms with Gasteiger partial charge in [-0.3, -0.25) is 9.59 Å². The van der Waals surface area contributed by atoms with E-state index in [1.165, 1.54) is 0 Å². The fraction of sp³-hybridized carbons (Fsp3) is 0.333. The van der Waals surface area contributed by atoms with E-state index in [1.807, 2.05) is 43.3 Å². The molecule has 2 aromatic rings. The SMILES string of the molecule is CCOc1ccc(NC(=O)C2CC2C(=O)NCCc2cccc(Cl)c2)cc1. The zero-order valence-corrected chi connectivity index (χ0v) is 16.0. The molecule has 0 bridgehead atoms. The fourth-order valence-electron chi connectivity index (χ4n) is 2.96. The Bertz CT molecular complexity index is 807. The number of carbonyl (C=O) groups is 2. The molecule has 1 fully saturated rings. The van der Waals surface area contributed by atoms with Crippen LogP contribution in [0.25, 0.3) is 0 Å². The van der Waals surface area contributed by atoms with Gasteiger partial charge in [0.1, 0.15) is 5.75 Å². The first-order valence-electron chi connectivity index (χ1n) is 9.12. The van der Waals surface area contributed by atoms with Crippen LogP contribution in [0.4, 0.5) is 5.69 Å². The molecule has 2 amide bonds. The summed E-state index contributed by atoms with van der Waals surface area (Å²) in [4.78, 5) is 24.5. The third-order valence-electron chi connectivity index (χ3n) is 4.50. The van der Waals surface area contributed by atoms with Gasteiger partial charge in [0.15, 0.2) is 0 Å². The van der Waals surface area contributed by atoms with Crippen LogP contribution in [-0.2, 0) is 16.0 Å². The molecule has 0 spiro atoms. The quantitative estimate of drug-likeness (QED) is 0.727. The highest BCUT2D eigenvalue weighted by Crippen LogP contribution is 2.39. The maximum Gasteiger partial charge on any atom is 0.228 e. The van der Waals surface area contributed by atoms with Gasteiger partial charge in [-0.15, -0.1) is 0 Å². The minimum Gasteiger partial charge on any atom is -0.494 e. The van der Waals surface area contributed by atoms with Crippen molar-refractivity contribution in [3.63, 3.8) is 0 Å².